The van der Waals surface area contributed by atoms with Gasteiger partial charge in [-0.3, -0.25) is 19.2 Å². The number of fused-ring (bicyclic) bond motifs is 1. The molecule has 0 spiro atoms. The number of benzene rings is 1. The van der Waals surface area contributed by atoms with E-state index in [1.54, 1.807) is 17.0 Å². The highest BCUT2D eigenvalue weighted by molar-refractivity contribution is 6.01. The number of rotatable bonds is 7. The van der Waals surface area contributed by atoms with Crippen molar-refractivity contribution in [3.63, 3.8) is 0 Å². The number of anilines is 1. The van der Waals surface area contributed by atoms with E-state index in [2.05, 4.69) is 5.32 Å². The quantitative estimate of drug-likeness (QED) is 0.624. The van der Waals surface area contributed by atoms with Gasteiger partial charge in [0.25, 0.3) is 5.91 Å². The molecule has 2 aliphatic heterocycles. The summed E-state index contributed by atoms with van der Waals surface area (Å²) < 4.78 is 0. The van der Waals surface area contributed by atoms with Crippen molar-refractivity contribution in [1.29, 1.82) is 0 Å². The number of amides is 3. The third kappa shape index (κ3) is 4.77. The average molecular weight is 444 g/mol. The van der Waals surface area contributed by atoms with Crippen molar-refractivity contribution in [3.05, 3.63) is 29.8 Å². The number of hydrogen-bond acceptors (Lipinski definition) is 6. The van der Waals surface area contributed by atoms with Gasteiger partial charge in [0.15, 0.2) is 5.78 Å². The van der Waals surface area contributed by atoms with Crippen LogP contribution < -0.4 is 16.0 Å². The molecule has 2 aliphatic rings. The lowest BCUT2D eigenvalue weighted by Gasteiger charge is -2.29. The first-order valence-corrected chi connectivity index (χ1v) is 11.0. The highest BCUT2D eigenvalue weighted by Crippen LogP contribution is 2.30. The summed E-state index contributed by atoms with van der Waals surface area (Å²) in [5.41, 5.74) is 6.91. The van der Waals surface area contributed by atoms with Gasteiger partial charge < -0.3 is 25.8 Å². The van der Waals surface area contributed by atoms with E-state index in [1.165, 1.54) is 4.90 Å². The van der Waals surface area contributed by atoms with E-state index in [1.807, 2.05) is 45.0 Å². The van der Waals surface area contributed by atoms with Gasteiger partial charge in [-0.2, -0.15) is 0 Å². The molecule has 0 saturated carbocycles. The van der Waals surface area contributed by atoms with Crippen LogP contribution in [-0.4, -0.2) is 85.2 Å². The molecule has 3 atom stereocenters. The molecule has 9 nitrogen and oxygen atoms in total. The zero-order chi connectivity index (χ0) is 23.6. The second kappa shape index (κ2) is 9.68. The van der Waals surface area contributed by atoms with E-state index in [9.17, 15) is 19.2 Å². The summed E-state index contributed by atoms with van der Waals surface area (Å²) >= 11 is 0. The first-order chi connectivity index (χ1) is 15.1. The van der Waals surface area contributed by atoms with E-state index in [0.29, 0.717) is 24.9 Å². The molecule has 3 amide bonds. The Hall–Kier alpha value is -2.94. The molecule has 1 aromatic rings. The molecule has 174 valence electrons. The Morgan fingerprint density at radius 2 is 1.81 bits per heavy atom. The lowest BCUT2D eigenvalue weighted by molar-refractivity contribution is -0.138. The fourth-order valence-electron chi connectivity index (χ4n) is 4.55. The van der Waals surface area contributed by atoms with Crippen molar-refractivity contribution in [1.82, 2.24) is 15.1 Å². The van der Waals surface area contributed by atoms with E-state index in [-0.39, 0.29) is 48.6 Å². The molecular weight excluding hydrogens is 410 g/mol. The summed E-state index contributed by atoms with van der Waals surface area (Å²) in [5.74, 6) is -0.888. The van der Waals surface area contributed by atoms with Crippen molar-refractivity contribution in [2.75, 3.05) is 38.6 Å². The van der Waals surface area contributed by atoms with Crippen LogP contribution in [0.5, 0.6) is 0 Å². The second-order valence-electron chi connectivity index (χ2n) is 9.12. The molecule has 0 radical (unpaired) electrons. The lowest BCUT2D eigenvalue weighted by Crippen LogP contribution is -2.53. The largest absolute Gasteiger partial charge is 0.378 e. The number of nitrogens with two attached hydrogens (primary N) is 1. The number of ketones is 1. The zero-order valence-electron chi connectivity index (χ0n) is 19.2. The van der Waals surface area contributed by atoms with Gasteiger partial charge in [0.1, 0.15) is 12.1 Å². The number of hydrogen-bond donors (Lipinski definition) is 2. The fourth-order valence-corrected chi connectivity index (χ4v) is 4.55. The fraction of sp³-hybridized carbons (Fsp3) is 0.565. The van der Waals surface area contributed by atoms with Gasteiger partial charge in [-0.05, 0) is 43.0 Å². The van der Waals surface area contributed by atoms with Crippen LogP contribution >= 0.6 is 0 Å². The highest BCUT2D eigenvalue weighted by Gasteiger charge is 2.51. The Morgan fingerprint density at radius 1 is 1.16 bits per heavy atom. The van der Waals surface area contributed by atoms with Crippen LogP contribution in [0.2, 0.25) is 0 Å². The predicted molar refractivity (Wildman–Crippen MR) is 121 cm³/mol. The summed E-state index contributed by atoms with van der Waals surface area (Å²) in [4.78, 5) is 56.1. The number of likely N-dealkylation sites (tertiary alicyclic amines) is 2. The standard InChI is InChI=1S/C23H33N5O4/c1-14(2)11-17(25-22(31)15-5-7-16(8-6-15)26(3)4)23(32)27-10-9-18-21(27)19(29)13-28(18)20(30)12-24/h5-8,14,17-18,21H,9-13,24H2,1-4H3,(H,25,31). The summed E-state index contributed by atoms with van der Waals surface area (Å²) in [6.07, 6.45) is 0.982. The summed E-state index contributed by atoms with van der Waals surface area (Å²) in [6, 6.07) is 5.40. The highest BCUT2D eigenvalue weighted by atomic mass is 16.2. The minimum absolute atomic E-state index is 0.0193. The molecule has 9 heteroatoms. The molecule has 0 aromatic heterocycles. The maximum Gasteiger partial charge on any atom is 0.251 e. The Labute approximate surface area is 188 Å². The molecule has 3 unspecified atom stereocenters. The molecule has 1 aromatic carbocycles. The van der Waals surface area contributed by atoms with Crippen molar-refractivity contribution < 1.29 is 19.2 Å². The third-order valence-corrected chi connectivity index (χ3v) is 6.16. The molecule has 2 heterocycles. The number of Topliss-reactive ketones (excluding diaryl/α,β-unsaturated/α-hetero) is 1. The number of carbonyl (C=O) groups excluding carboxylic acids is 4. The maximum atomic E-state index is 13.4. The van der Waals surface area contributed by atoms with E-state index in [0.717, 1.165) is 5.69 Å². The minimum Gasteiger partial charge on any atom is -0.378 e. The van der Waals surface area contributed by atoms with E-state index < -0.39 is 12.1 Å². The van der Waals surface area contributed by atoms with Crippen molar-refractivity contribution in [2.45, 2.75) is 44.8 Å². The van der Waals surface area contributed by atoms with Gasteiger partial charge in [0.2, 0.25) is 11.8 Å². The molecule has 2 fully saturated rings. The molecule has 0 bridgehead atoms. The maximum absolute atomic E-state index is 13.4. The van der Waals surface area contributed by atoms with Gasteiger partial charge in [-0.25, -0.2) is 0 Å². The van der Waals surface area contributed by atoms with Crippen molar-refractivity contribution in [2.24, 2.45) is 11.7 Å². The van der Waals surface area contributed by atoms with Crippen LogP contribution in [0, 0.1) is 5.92 Å². The Kier molecular flexibility index (Phi) is 7.18. The van der Waals surface area contributed by atoms with Crippen LogP contribution in [0.1, 0.15) is 37.0 Å². The SMILES string of the molecule is CC(C)CC(NC(=O)c1ccc(N(C)C)cc1)C(=O)N1CCC2C1C(=O)CN2C(=O)CN. The molecule has 2 saturated heterocycles. The van der Waals surface area contributed by atoms with Crippen LogP contribution in [0.3, 0.4) is 0 Å². The Morgan fingerprint density at radius 3 is 2.38 bits per heavy atom. The van der Waals surface area contributed by atoms with E-state index >= 15 is 0 Å². The first kappa shape index (κ1) is 23.7. The molecule has 0 aliphatic carbocycles. The number of carbonyl (C=O) groups is 4. The van der Waals surface area contributed by atoms with Gasteiger partial charge in [0.05, 0.1) is 19.1 Å². The second-order valence-corrected chi connectivity index (χ2v) is 9.12. The van der Waals surface area contributed by atoms with Gasteiger partial charge in [-0.1, -0.05) is 13.8 Å². The molecule has 3 N–H and O–H groups in total. The molecular formula is C23H33N5O4. The lowest BCUT2D eigenvalue weighted by atomic mass is 10.0. The van der Waals surface area contributed by atoms with Crippen LogP contribution in [-0.2, 0) is 14.4 Å². The number of nitrogens with zero attached hydrogens (tertiary/aromatic N) is 3. The first-order valence-electron chi connectivity index (χ1n) is 11.0. The van der Waals surface area contributed by atoms with Crippen LogP contribution in [0.15, 0.2) is 24.3 Å². The topological polar surface area (TPSA) is 116 Å². The molecule has 3 rings (SSSR count). The monoisotopic (exact) mass is 443 g/mol. The zero-order valence-corrected chi connectivity index (χ0v) is 19.2. The summed E-state index contributed by atoms with van der Waals surface area (Å²) in [6.45, 7) is 4.15. The van der Waals surface area contributed by atoms with Crippen LogP contribution in [0.4, 0.5) is 5.69 Å². The van der Waals surface area contributed by atoms with Crippen molar-refractivity contribution in [3.8, 4) is 0 Å². The van der Waals surface area contributed by atoms with Crippen LogP contribution in [0.25, 0.3) is 0 Å². The summed E-state index contributed by atoms with van der Waals surface area (Å²) in [5, 5.41) is 2.87. The Balaban J connectivity index is 1.76. The third-order valence-electron chi connectivity index (χ3n) is 6.16. The minimum atomic E-state index is -0.748. The number of nitrogens with one attached hydrogen (secondary N) is 1. The van der Waals surface area contributed by atoms with E-state index in [4.69, 9.17) is 5.73 Å². The van der Waals surface area contributed by atoms with Gasteiger partial charge in [0, 0.05) is 31.9 Å². The summed E-state index contributed by atoms with van der Waals surface area (Å²) in [7, 11) is 3.84. The predicted octanol–water partition coefficient (Wildman–Crippen LogP) is 0.237. The Bertz CT molecular complexity index is 883. The normalized spacial score (nSPS) is 21.0. The van der Waals surface area contributed by atoms with Gasteiger partial charge >= 0.3 is 0 Å². The smallest absolute Gasteiger partial charge is 0.251 e. The average Bonchev–Trinajstić information content (AvgIpc) is 3.33. The van der Waals surface area contributed by atoms with Crippen molar-refractivity contribution >= 4 is 29.2 Å². The molecule has 32 heavy (non-hydrogen) atoms. The van der Waals surface area contributed by atoms with Gasteiger partial charge in [-0.15, -0.1) is 0 Å².